The molecule has 0 amide bonds. The van der Waals surface area contributed by atoms with Crippen LogP contribution in [0, 0.1) is 13.8 Å². The van der Waals surface area contributed by atoms with Gasteiger partial charge in [0.15, 0.2) is 16.8 Å². The normalized spacial score (nSPS) is 11.1. The quantitative estimate of drug-likeness (QED) is 0.312. The van der Waals surface area contributed by atoms with Crippen molar-refractivity contribution in [3.63, 3.8) is 0 Å². The highest BCUT2D eigenvalue weighted by Crippen LogP contribution is 2.30. The molecule has 0 aliphatic heterocycles. The Morgan fingerprint density at radius 2 is 1.73 bits per heavy atom. The van der Waals surface area contributed by atoms with Crippen LogP contribution in [-0.2, 0) is 12.2 Å². The zero-order valence-electron chi connectivity index (χ0n) is 18.3. The molecule has 3 heterocycles. The van der Waals surface area contributed by atoms with Gasteiger partial charge in [0.05, 0.1) is 11.4 Å². The maximum atomic E-state index is 5.48. The van der Waals surface area contributed by atoms with E-state index in [-0.39, 0.29) is 0 Å². The van der Waals surface area contributed by atoms with Crippen molar-refractivity contribution >= 4 is 11.8 Å². The van der Waals surface area contributed by atoms with Crippen LogP contribution >= 0.6 is 11.8 Å². The van der Waals surface area contributed by atoms with Crippen LogP contribution in [0.1, 0.15) is 28.4 Å². The van der Waals surface area contributed by atoms with Crippen molar-refractivity contribution in [3.05, 3.63) is 101 Å². The monoisotopic (exact) mass is 454 g/mol. The molecule has 8 heteroatoms. The van der Waals surface area contributed by atoms with Crippen LogP contribution < -0.4 is 0 Å². The van der Waals surface area contributed by atoms with E-state index in [1.807, 2.05) is 30.3 Å². The van der Waals surface area contributed by atoms with E-state index in [1.54, 1.807) is 12.4 Å². The van der Waals surface area contributed by atoms with Gasteiger partial charge in [0.2, 0.25) is 5.89 Å². The number of hydrogen-bond donors (Lipinski definition) is 0. The highest BCUT2D eigenvalue weighted by molar-refractivity contribution is 7.98. The molecule has 0 atom stereocenters. The summed E-state index contributed by atoms with van der Waals surface area (Å²) in [4.78, 5) is 8.67. The molecule has 5 rings (SSSR count). The van der Waals surface area contributed by atoms with Crippen LogP contribution in [-0.4, -0.2) is 29.9 Å². The first kappa shape index (κ1) is 21.1. The van der Waals surface area contributed by atoms with Crippen LogP contribution in [0.25, 0.3) is 17.1 Å². The number of aryl methyl sites for hydroxylation is 2. The van der Waals surface area contributed by atoms with E-state index in [0.717, 1.165) is 27.8 Å². The number of benzene rings is 2. The van der Waals surface area contributed by atoms with Gasteiger partial charge in [-0.25, -0.2) is 0 Å². The molecule has 3 aromatic heterocycles. The highest BCUT2D eigenvalue weighted by atomic mass is 32.2. The third-order valence-corrected chi connectivity index (χ3v) is 6.27. The van der Waals surface area contributed by atoms with Crippen LogP contribution in [0.4, 0.5) is 0 Å². The second-order valence-corrected chi connectivity index (χ2v) is 8.64. The molecule has 7 nitrogen and oxygen atoms in total. The molecule has 0 aliphatic rings. The minimum Gasteiger partial charge on any atom is -0.338 e. The molecule has 0 aliphatic carbocycles. The second-order valence-electron chi connectivity index (χ2n) is 7.70. The Bertz CT molecular complexity index is 1360. The Morgan fingerprint density at radius 3 is 2.52 bits per heavy atom. The molecular weight excluding hydrogens is 432 g/mol. The molecule has 0 fully saturated rings. The van der Waals surface area contributed by atoms with Gasteiger partial charge in [0.25, 0.3) is 0 Å². The Kier molecular flexibility index (Phi) is 5.99. The van der Waals surface area contributed by atoms with Crippen molar-refractivity contribution in [2.45, 2.75) is 31.2 Å². The molecule has 0 unspecified atom stereocenters. The number of rotatable bonds is 7. The van der Waals surface area contributed by atoms with Gasteiger partial charge in [-0.1, -0.05) is 53.3 Å². The van der Waals surface area contributed by atoms with Gasteiger partial charge in [-0.15, -0.1) is 10.2 Å². The van der Waals surface area contributed by atoms with Crippen LogP contribution in [0.2, 0.25) is 0 Å². The molecule has 0 radical (unpaired) electrons. The van der Waals surface area contributed by atoms with Gasteiger partial charge in [-0.3, -0.25) is 9.55 Å². The first-order valence-corrected chi connectivity index (χ1v) is 11.6. The summed E-state index contributed by atoms with van der Waals surface area (Å²) in [5.41, 5.74) is 5.55. The summed E-state index contributed by atoms with van der Waals surface area (Å²) in [5, 5.41) is 13.8. The molecule has 2 aromatic carbocycles. The lowest BCUT2D eigenvalue weighted by atomic mass is 10.1. The van der Waals surface area contributed by atoms with E-state index in [2.05, 4.69) is 74.1 Å². The summed E-state index contributed by atoms with van der Waals surface area (Å²) in [6.45, 7) is 4.21. The maximum Gasteiger partial charge on any atom is 0.237 e. The number of pyridine rings is 1. The molecule has 0 saturated heterocycles. The fourth-order valence-electron chi connectivity index (χ4n) is 3.47. The molecule has 5 aromatic rings. The van der Waals surface area contributed by atoms with Gasteiger partial charge in [-0.2, -0.15) is 4.98 Å². The summed E-state index contributed by atoms with van der Waals surface area (Å²) in [6.07, 6.45) is 4.16. The first-order valence-electron chi connectivity index (χ1n) is 10.6. The number of hydrogen-bond acceptors (Lipinski definition) is 7. The van der Waals surface area contributed by atoms with Crippen molar-refractivity contribution < 1.29 is 4.52 Å². The van der Waals surface area contributed by atoms with Crippen molar-refractivity contribution in [3.8, 4) is 17.1 Å². The molecule has 0 N–H and O–H groups in total. The van der Waals surface area contributed by atoms with Gasteiger partial charge < -0.3 is 4.52 Å². The SMILES string of the molecule is Cc1ccc(-n2c(SCc3nc(Cc4ccccc4)no3)nnc2-c2ccncc2)cc1C. The number of nitrogens with zero attached hydrogens (tertiary/aromatic N) is 6. The lowest BCUT2D eigenvalue weighted by Crippen LogP contribution is -2.01. The summed E-state index contributed by atoms with van der Waals surface area (Å²) in [5.74, 6) is 2.50. The van der Waals surface area contributed by atoms with Crippen molar-refractivity contribution in [1.29, 1.82) is 0 Å². The first-order chi connectivity index (χ1) is 16.2. The average molecular weight is 455 g/mol. The van der Waals surface area contributed by atoms with Crippen LogP contribution in [0.3, 0.4) is 0 Å². The van der Waals surface area contributed by atoms with Gasteiger partial charge in [-0.05, 0) is 54.8 Å². The number of thioether (sulfide) groups is 1. The Labute approximate surface area is 195 Å². The molecule has 0 bridgehead atoms. The van der Waals surface area contributed by atoms with E-state index in [9.17, 15) is 0 Å². The molecule has 164 valence electrons. The van der Waals surface area contributed by atoms with Gasteiger partial charge >= 0.3 is 0 Å². The lowest BCUT2D eigenvalue weighted by Gasteiger charge is -2.11. The van der Waals surface area contributed by atoms with Crippen LogP contribution in [0.5, 0.6) is 0 Å². The Morgan fingerprint density at radius 1 is 0.909 bits per heavy atom. The van der Waals surface area contributed by atoms with E-state index in [0.29, 0.717) is 23.9 Å². The maximum absolute atomic E-state index is 5.48. The zero-order chi connectivity index (χ0) is 22.6. The number of aromatic nitrogens is 6. The summed E-state index contributed by atoms with van der Waals surface area (Å²) in [7, 11) is 0. The van der Waals surface area contributed by atoms with Gasteiger partial charge in [0, 0.05) is 24.4 Å². The Balaban J connectivity index is 1.41. The lowest BCUT2D eigenvalue weighted by molar-refractivity contribution is 0.385. The summed E-state index contributed by atoms with van der Waals surface area (Å²) in [6, 6.07) is 20.3. The van der Waals surface area contributed by atoms with Crippen molar-refractivity contribution in [2.24, 2.45) is 0 Å². The zero-order valence-corrected chi connectivity index (χ0v) is 19.2. The minimum atomic E-state index is 0.501. The van der Waals surface area contributed by atoms with Crippen molar-refractivity contribution in [1.82, 2.24) is 29.9 Å². The van der Waals surface area contributed by atoms with Crippen molar-refractivity contribution in [2.75, 3.05) is 0 Å². The average Bonchev–Trinajstić information content (AvgIpc) is 3.47. The molecular formula is C25H22N6OS. The largest absolute Gasteiger partial charge is 0.338 e. The Hall–Kier alpha value is -3.78. The molecule has 0 saturated carbocycles. The summed E-state index contributed by atoms with van der Waals surface area (Å²) < 4.78 is 7.55. The van der Waals surface area contributed by atoms with E-state index < -0.39 is 0 Å². The third-order valence-electron chi connectivity index (χ3n) is 5.36. The predicted molar refractivity (Wildman–Crippen MR) is 127 cm³/mol. The van der Waals surface area contributed by atoms with E-state index in [1.165, 1.54) is 22.9 Å². The minimum absolute atomic E-state index is 0.501. The standard InChI is InChI=1S/C25H22N6OS/c1-17-8-9-21(14-18(17)2)31-24(20-10-12-26-13-11-20)28-29-25(31)33-16-23-27-22(30-32-23)15-19-6-4-3-5-7-19/h3-14H,15-16H2,1-2H3. The smallest absolute Gasteiger partial charge is 0.237 e. The highest BCUT2D eigenvalue weighted by Gasteiger charge is 2.18. The topological polar surface area (TPSA) is 82.5 Å². The predicted octanol–water partition coefficient (Wildman–Crippen LogP) is 5.21. The fraction of sp³-hybridized carbons (Fsp3) is 0.160. The molecule has 33 heavy (non-hydrogen) atoms. The summed E-state index contributed by atoms with van der Waals surface area (Å²) >= 11 is 1.52. The van der Waals surface area contributed by atoms with E-state index >= 15 is 0 Å². The third kappa shape index (κ3) is 4.70. The van der Waals surface area contributed by atoms with Gasteiger partial charge in [0.1, 0.15) is 0 Å². The molecule has 0 spiro atoms. The van der Waals surface area contributed by atoms with E-state index in [4.69, 9.17) is 4.52 Å². The second kappa shape index (κ2) is 9.38. The van der Waals surface area contributed by atoms with Crippen LogP contribution in [0.15, 0.2) is 82.7 Å². The fourth-order valence-corrected chi connectivity index (χ4v) is 4.26.